The highest BCUT2D eigenvalue weighted by Gasteiger charge is 2.33. The van der Waals surface area contributed by atoms with Crippen LogP contribution in [-0.2, 0) is 16.0 Å². The number of aryl methyl sites for hydroxylation is 1. The monoisotopic (exact) mass is 553 g/mol. The number of nitro groups is 1. The lowest BCUT2D eigenvalue weighted by Crippen LogP contribution is -2.21. The molecular weight excluding hydrogens is 506 g/mol. The molecule has 1 aromatic carbocycles. The van der Waals surface area contributed by atoms with Gasteiger partial charge in [0.1, 0.15) is 0 Å². The van der Waals surface area contributed by atoms with Gasteiger partial charge in [0, 0.05) is 17.9 Å². The zero-order chi connectivity index (χ0) is 28.6. The molecule has 0 spiro atoms. The maximum Gasteiger partial charge on any atom is 0.311 e. The van der Waals surface area contributed by atoms with Gasteiger partial charge < -0.3 is 9.84 Å². The van der Waals surface area contributed by atoms with Crippen molar-refractivity contribution in [1.29, 1.82) is 0 Å². The van der Waals surface area contributed by atoms with Crippen molar-refractivity contribution in [3.05, 3.63) is 32.3 Å². The molecule has 0 aliphatic rings. The summed E-state index contributed by atoms with van der Waals surface area (Å²) in [5.41, 5.74) is -1.22. The van der Waals surface area contributed by atoms with E-state index >= 15 is 0 Å². The second-order valence-electron chi connectivity index (χ2n) is 11.2. The van der Waals surface area contributed by atoms with Crippen LogP contribution >= 0.6 is 11.6 Å². The van der Waals surface area contributed by atoms with Gasteiger partial charge in [-0.15, -0.1) is 0 Å². The van der Waals surface area contributed by atoms with E-state index < -0.39 is 27.6 Å². The normalized spacial score (nSPS) is 11.5. The van der Waals surface area contributed by atoms with Crippen LogP contribution in [0.5, 0.6) is 5.75 Å². The van der Waals surface area contributed by atoms with E-state index in [1.54, 1.807) is 20.8 Å². The Bertz CT molecular complexity index is 894. The highest BCUT2D eigenvalue weighted by Crippen LogP contribution is 2.41. The summed E-state index contributed by atoms with van der Waals surface area (Å²) in [6, 6.07) is 1.21. The molecule has 7 nitrogen and oxygen atoms in total. The molecule has 0 bridgehead atoms. The van der Waals surface area contributed by atoms with E-state index in [-0.39, 0.29) is 23.0 Å². The predicted molar refractivity (Wildman–Crippen MR) is 153 cm³/mol. The number of aromatic hydroxyl groups is 1. The van der Waals surface area contributed by atoms with Crippen LogP contribution in [0.4, 0.5) is 5.69 Å². The number of Topliss-reactive ketones (excluding diaryl/α,β-unsaturated/α-hetero) is 1. The minimum atomic E-state index is -0.870. The van der Waals surface area contributed by atoms with Crippen LogP contribution in [0.3, 0.4) is 0 Å². The summed E-state index contributed by atoms with van der Waals surface area (Å²) in [6.07, 6.45) is 16.7. The van der Waals surface area contributed by atoms with E-state index in [0.29, 0.717) is 31.4 Å². The molecule has 1 aromatic rings. The van der Waals surface area contributed by atoms with Crippen molar-refractivity contribution in [3.8, 4) is 5.75 Å². The first-order valence-corrected chi connectivity index (χ1v) is 14.8. The number of nitro benzene ring substituents is 1. The smallest absolute Gasteiger partial charge is 0.311 e. The molecule has 0 heterocycles. The maximum atomic E-state index is 12.8. The molecule has 0 unspecified atom stereocenters. The third kappa shape index (κ3) is 12.6. The summed E-state index contributed by atoms with van der Waals surface area (Å²) < 4.78 is 5.33. The number of hydrogen-bond acceptors (Lipinski definition) is 6. The number of phenolic OH excluding ortho intramolecular Hbond substituents is 1. The van der Waals surface area contributed by atoms with Gasteiger partial charge in [-0.2, -0.15) is 0 Å². The molecule has 1 rings (SSSR count). The van der Waals surface area contributed by atoms with Crippen LogP contribution in [0.1, 0.15) is 140 Å². The number of esters is 1. The van der Waals surface area contributed by atoms with Gasteiger partial charge in [0.2, 0.25) is 5.75 Å². The fraction of sp³-hybridized carbons (Fsp3) is 0.733. The minimum absolute atomic E-state index is 0.0302. The molecule has 38 heavy (non-hydrogen) atoms. The molecule has 8 heteroatoms. The molecule has 0 aromatic heterocycles. The average Bonchev–Trinajstić information content (AvgIpc) is 2.85. The highest BCUT2D eigenvalue weighted by molar-refractivity contribution is 6.35. The first kappa shape index (κ1) is 33.9. The van der Waals surface area contributed by atoms with Gasteiger partial charge in [-0.25, -0.2) is 0 Å². The van der Waals surface area contributed by atoms with Crippen molar-refractivity contribution in [2.24, 2.45) is 5.41 Å². The van der Waals surface area contributed by atoms with Crippen molar-refractivity contribution in [3.63, 3.8) is 0 Å². The Kier molecular flexibility index (Phi) is 16.2. The van der Waals surface area contributed by atoms with Crippen LogP contribution < -0.4 is 0 Å². The highest BCUT2D eigenvalue weighted by atomic mass is 35.5. The minimum Gasteiger partial charge on any atom is -0.502 e. The van der Waals surface area contributed by atoms with Gasteiger partial charge in [0.05, 0.1) is 22.1 Å². The third-order valence-electron chi connectivity index (χ3n) is 6.73. The number of hydrogen-bond donors (Lipinski definition) is 1. The topological polar surface area (TPSA) is 107 Å². The third-order valence-corrected chi connectivity index (χ3v) is 7.17. The molecule has 1 N–H and O–H groups in total. The summed E-state index contributed by atoms with van der Waals surface area (Å²) in [4.78, 5) is 35.5. The molecule has 0 fully saturated rings. The van der Waals surface area contributed by atoms with E-state index in [4.69, 9.17) is 16.3 Å². The molecule has 0 aliphatic carbocycles. The van der Waals surface area contributed by atoms with Gasteiger partial charge in [0.25, 0.3) is 0 Å². The number of unbranched alkanes of at least 4 members (excludes halogenated alkanes) is 12. The van der Waals surface area contributed by atoms with E-state index in [2.05, 4.69) is 6.92 Å². The quantitative estimate of drug-likeness (QED) is 0.0567. The Morgan fingerprint density at radius 3 is 1.95 bits per heavy atom. The Morgan fingerprint density at radius 1 is 0.921 bits per heavy atom. The number of phenols is 1. The average molecular weight is 554 g/mol. The van der Waals surface area contributed by atoms with Crippen LogP contribution in [0.2, 0.25) is 5.02 Å². The van der Waals surface area contributed by atoms with E-state index in [9.17, 15) is 24.8 Å². The first-order valence-electron chi connectivity index (χ1n) is 14.4. The Morgan fingerprint density at radius 2 is 1.45 bits per heavy atom. The van der Waals surface area contributed by atoms with Crippen molar-refractivity contribution < 1.29 is 24.4 Å². The van der Waals surface area contributed by atoms with Gasteiger partial charge in [0.15, 0.2) is 5.78 Å². The molecule has 0 saturated heterocycles. The number of benzene rings is 1. The molecule has 0 amide bonds. The number of carbonyl (C=O) groups is 2. The number of carbonyl (C=O) groups excluding carboxylic acids is 2. The standard InChI is InChI=1S/C30H48ClNO6/c1-5-6-7-8-9-10-11-12-13-14-15-18-21-38-25(33)20-17-16-19-23-22-24(32(36)37)28(34)26(27(23)31)29(35)30(2,3)4/h22,34H,5-21H2,1-4H3. The van der Waals surface area contributed by atoms with Gasteiger partial charge >= 0.3 is 11.7 Å². The summed E-state index contributed by atoms with van der Waals surface area (Å²) in [7, 11) is 0. The second-order valence-corrected chi connectivity index (χ2v) is 11.6. The largest absolute Gasteiger partial charge is 0.502 e. The Balaban J connectivity index is 2.32. The maximum absolute atomic E-state index is 12.8. The van der Waals surface area contributed by atoms with Crippen molar-refractivity contribution >= 4 is 29.0 Å². The van der Waals surface area contributed by atoms with Gasteiger partial charge in [-0.1, -0.05) is 110 Å². The lowest BCUT2D eigenvalue weighted by molar-refractivity contribution is -0.385. The molecule has 216 valence electrons. The van der Waals surface area contributed by atoms with Crippen LogP contribution in [0.15, 0.2) is 6.07 Å². The van der Waals surface area contributed by atoms with Crippen LogP contribution in [0.25, 0.3) is 0 Å². The Labute approximate surface area is 233 Å². The fourth-order valence-electron chi connectivity index (χ4n) is 4.38. The second kappa shape index (κ2) is 18.2. The lowest BCUT2D eigenvalue weighted by Gasteiger charge is -2.19. The molecule has 0 saturated carbocycles. The van der Waals surface area contributed by atoms with Gasteiger partial charge in [-0.05, 0) is 31.2 Å². The van der Waals surface area contributed by atoms with Crippen molar-refractivity contribution in [2.45, 2.75) is 130 Å². The van der Waals surface area contributed by atoms with Crippen LogP contribution in [0, 0.1) is 15.5 Å². The summed E-state index contributed by atoms with van der Waals surface area (Å²) in [6.45, 7) is 7.65. The predicted octanol–water partition coefficient (Wildman–Crippen LogP) is 9.14. The number of nitrogens with zero attached hydrogens (tertiary/aromatic N) is 1. The van der Waals surface area contributed by atoms with E-state index in [1.165, 1.54) is 70.3 Å². The fourth-order valence-corrected chi connectivity index (χ4v) is 4.70. The number of ketones is 1. The number of halogens is 1. The molecule has 0 aliphatic heterocycles. The number of rotatable bonds is 20. The lowest BCUT2D eigenvalue weighted by atomic mass is 9.85. The summed E-state index contributed by atoms with van der Waals surface area (Å²) in [5.74, 6) is -1.42. The van der Waals surface area contributed by atoms with Crippen LogP contribution in [-0.4, -0.2) is 28.4 Å². The van der Waals surface area contributed by atoms with Crippen molar-refractivity contribution in [1.82, 2.24) is 0 Å². The molecular formula is C30H48ClNO6. The summed E-state index contributed by atoms with van der Waals surface area (Å²) >= 11 is 6.41. The first-order chi connectivity index (χ1) is 18.0. The molecule has 0 atom stereocenters. The zero-order valence-corrected chi connectivity index (χ0v) is 24.7. The zero-order valence-electron chi connectivity index (χ0n) is 23.9. The summed E-state index contributed by atoms with van der Waals surface area (Å²) in [5, 5.41) is 21.8. The number of ether oxygens (including phenoxy) is 1. The van der Waals surface area contributed by atoms with E-state index in [1.807, 2.05) is 0 Å². The van der Waals surface area contributed by atoms with Crippen molar-refractivity contribution in [2.75, 3.05) is 6.61 Å². The Hall–Kier alpha value is -2.15. The SMILES string of the molecule is CCCCCCCCCCCCCCOC(=O)CCCCc1cc([N+](=O)[O-])c(O)c(C(=O)C(C)(C)C)c1Cl. The molecule has 0 radical (unpaired) electrons. The van der Waals surface area contributed by atoms with E-state index in [0.717, 1.165) is 12.8 Å². The van der Waals surface area contributed by atoms with Gasteiger partial charge in [-0.3, -0.25) is 19.7 Å².